The first kappa shape index (κ1) is 18.0. The highest BCUT2D eigenvalue weighted by atomic mass is 16.5. The maximum Gasteiger partial charge on any atom is 0.338 e. The number of hydrogen-bond acceptors (Lipinski definition) is 4. The average molecular weight is 327 g/mol. The molecule has 0 saturated carbocycles. The van der Waals surface area contributed by atoms with Gasteiger partial charge in [0.15, 0.2) is 0 Å². The first-order valence-corrected chi connectivity index (χ1v) is 8.20. The minimum atomic E-state index is -0.323. The van der Waals surface area contributed by atoms with Crippen LogP contribution in [0, 0.1) is 0 Å². The predicted molar refractivity (Wildman–Crippen MR) is 95.5 cm³/mol. The van der Waals surface area contributed by atoms with Gasteiger partial charge in [0.05, 0.1) is 12.2 Å². The van der Waals surface area contributed by atoms with E-state index >= 15 is 0 Å². The van der Waals surface area contributed by atoms with Gasteiger partial charge in [0.1, 0.15) is 12.4 Å². The Balaban J connectivity index is 1.96. The molecule has 24 heavy (non-hydrogen) atoms. The summed E-state index contributed by atoms with van der Waals surface area (Å²) in [4.78, 5) is 14.4. The molecule has 4 nitrogen and oxygen atoms in total. The smallest absolute Gasteiger partial charge is 0.338 e. The second-order valence-electron chi connectivity index (χ2n) is 5.87. The molecule has 128 valence electrons. The third-order valence-corrected chi connectivity index (χ3v) is 3.83. The van der Waals surface area contributed by atoms with Gasteiger partial charge in [0.2, 0.25) is 0 Å². The van der Waals surface area contributed by atoms with Crippen LogP contribution in [0.1, 0.15) is 22.8 Å². The van der Waals surface area contributed by atoms with E-state index < -0.39 is 0 Å². The van der Waals surface area contributed by atoms with Crippen LogP contribution >= 0.6 is 0 Å². The number of esters is 1. The quantitative estimate of drug-likeness (QED) is 0.697. The average Bonchev–Trinajstić information content (AvgIpc) is 2.59. The Hall–Kier alpha value is -2.33. The number of carbonyl (C=O) groups is 1. The fraction of sp³-hybridized carbons (Fsp3) is 0.350. The van der Waals surface area contributed by atoms with Crippen LogP contribution in [0.25, 0.3) is 0 Å². The van der Waals surface area contributed by atoms with Gasteiger partial charge in [-0.3, -0.25) is 0 Å². The van der Waals surface area contributed by atoms with Gasteiger partial charge in [-0.2, -0.15) is 0 Å². The molecule has 0 unspecified atom stereocenters. The zero-order valence-corrected chi connectivity index (χ0v) is 14.6. The molecule has 2 aromatic rings. The van der Waals surface area contributed by atoms with E-state index in [1.807, 2.05) is 45.3 Å². The van der Waals surface area contributed by atoms with Crippen molar-refractivity contribution >= 4 is 5.97 Å². The summed E-state index contributed by atoms with van der Waals surface area (Å²) < 4.78 is 10.9. The van der Waals surface area contributed by atoms with Crippen molar-refractivity contribution in [1.82, 2.24) is 4.90 Å². The molecule has 0 saturated heterocycles. The van der Waals surface area contributed by atoms with Crippen LogP contribution in [-0.4, -0.2) is 44.2 Å². The third kappa shape index (κ3) is 5.39. The van der Waals surface area contributed by atoms with E-state index in [9.17, 15) is 4.79 Å². The minimum absolute atomic E-state index is 0.131. The van der Waals surface area contributed by atoms with Gasteiger partial charge >= 0.3 is 5.97 Å². The Bertz CT molecular complexity index is 640. The van der Waals surface area contributed by atoms with Crippen molar-refractivity contribution in [1.29, 1.82) is 0 Å². The van der Waals surface area contributed by atoms with Gasteiger partial charge in [-0.1, -0.05) is 36.4 Å². The van der Waals surface area contributed by atoms with Gasteiger partial charge in [0.25, 0.3) is 0 Å². The SMILES string of the molecule is CCOc1cccc(C(=O)OC[C@H](Cc2ccccc2)N(C)C)c1. The lowest BCUT2D eigenvalue weighted by Gasteiger charge is -2.24. The van der Waals surface area contributed by atoms with E-state index in [1.54, 1.807) is 18.2 Å². The van der Waals surface area contributed by atoms with Gasteiger partial charge in [-0.15, -0.1) is 0 Å². The molecule has 2 rings (SSSR count). The summed E-state index contributed by atoms with van der Waals surface area (Å²) in [6, 6.07) is 17.4. The molecule has 0 aromatic heterocycles. The molecule has 0 amide bonds. The highest BCUT2D eigenvalue weighted by Crippen LogP contribution is 2.15. The largest absolute Gasteiger partial charge is 0.494 e. The first-order chi connectivity index (χ1) is 11.6. The molecular weight excluding hydrogens is 302 g/mol. The Kier molecular flexibility index (Phi) is 6.82. The topological polar surface area (TPSA) is 38.8 Å². The summed E-state index contributed by atoms with van der Waals surface area (Å²) in [5.41, 5.74) is 1.74. The van der Waals surface area contributed by atoms with Gasteiger partial charge in [0, 0.05) is 6.04 Å². The molecule has 0 bridgehead atoms. The molecule has 0 fully saturated rings. The maximum atomic E-state index is 12.3. The van der Waals surface area contributed by atoms with Crippen molar-refractivity contribution in [2.75, 3.05) is 27.3 Å². The van der Waals surface area contributed by atoms with Crippen molar-refractivity contribution in [2.24, 2.45) is 0 Å². The zero-order chi connectivity index (χ0) is 17.4. The van der Waals surface area contributed by atoms with Crippen LogP contribution < -0.4 is 4.74 Å². The number of likely N-dealkylation sites (N-methyl/N-ethyl adjacent to an activating group) is 1. The summed E-state index contributed by atoms with van der Waals surface area (Å²) in [5.74, 6) is 0.358. The molecule has 0 spiro atoms. The molecular formula is C20H25NO3. The Morgan fingerprint density at radius 1 is 1.08 bits per heavy atom. The highest BCUT2D eigenvalue weighted by Gasteiger charge is 2.16. The zero-order valence-electron chi connectivity index (χ0n) is 14.6. The second-order valence-corrected chi connectivity index (χ2v) is 5.87. The molecule has 0 aliphatic rings. The van der Waals surface area contributed by atoms with Crippen molar-refractivity contribution in [3.05, 3.63) is 65.7 Å². The van der Waals surface area contributed by atoms with Gasteiger partial charge < -0.3 is 14.4 Å². The van der Waals surface area contributed by atoms with Gasteiger partial charge in [-0.05, 0) is 51.2 Å². The fourth-order valence-electron chi connectivity index (χ4n) is 2.41. The molecule has 0 aliphatic carbocycles. The summed E-state index contributed by atoms with van der Waals surface area (Å²) in [7, 11) is 3.99. The van der Waals surface area contributed by atoms with Gasteiger partial charge in [-0.25, -0.2) is 4.79 Å². The lowest BCUT2D eigenvalue weighted by Crippen LogP contribution is -2.35. The number of hydrogen-bond donors (Lipinski definition) is 0. The van der Waals surface area contributed by atoms with E-state index in [4.69, 9.17) is 9.47 Å². The van der Waals surface area contributed by atoms with Crippen molar-refractivity contribution in [3.8, 4) is 5.75 Å². The van der Waals surface area contributed by atoms with E-state index in [1.165, 1.54) is 5.56 Å². The molecule has 4 heteroatoms. The maximum absolute atomic E-state index is 12.3. The van der Waals surface area contributed by atoms with Crippen LogP contribution in [0.15, 0.2) is 54.6 Å². The highest BCUT2D eigenvalue weighted by molar-refractivity contribution is 5.89. The molecule has 0 radical (unpaired) electrons. The summed E-state index contributed by atoms with van der Waals surface area (Å²) in [6.07, 6.45) is 0.833. The third-order valence-electron chi connectivity index (χ3n) is 3.83. The predicted octanol–water partition coefficient (Wildman–Crippen LogP) is 3.42. The lowest BCUT2D eigenvalue weighted by molar-refractivity contribution is 0.0400. The Morgan fingerprint density at radius 2 is 1.83 bits per heavy atom. The van der Waals surface area contributed by atoms with Crippen molar-refractivity contribution in [2.45, 2.75) is 19.4 Å². The van der Waals surface area contributed by atoms with Crippen LogP contribution in [0.3, 0.4) is 0 Å². The normalized spacial score (nSPS) is 12.0. The number of benzene rings is 2. The standard InChI is InChI=1S/C20H25NO3/c1-4-23-19-12-8-11-17(14-19)20(22)24-15-18(21(2)3)13-16-9-6-5-7-10-16/h5-12,14,18H,4,13,15H2,1-3H3/t18-/m0/s1. The van der Waals surface area contributed by atoms with Crippen LogP contribution in [0.4, 0.5) is 0 Å². The van der Waals surface area contributed by atoms with E-state index in [-0.39, 0.29) is 12.0 Å². The first-order valence-electron chi connectivity index (χ1n) is 8.20. The minimum Gasteiger partial charge on any atom is -0.494 e. The van der Waals surface area contributed by atoms with Crippen LogP contribution in [0.5, 0.6) is 5.75 Å². The number of ether oxygens (including phenoxy) is 2. The summed E-state index contributed by atoms with van der Waals surface area (Å²) in [5, 5.41) is 0. The Morgan fingerprint density at radius 3 is 2.50 bits per heavy atom. The van der Waals surface area contributed by atoms with E-state index in [0.717, 1.165) is 6.42 Å². The van der Waals surface area contributed by atoms with Crippen molar-refractivity contribution < 1.29 is 14.3 Å². The number of carbonyl (C=O) groups excluding carboxylic acids is 1. The van der Waals surface area contributed by atoms with E-state index in [0.29, 0.717) is 24.5 Å². The molecule has 2 aromatic carbocycles. The van der Waals surface area contributed by atoms with E-state index in [2.05, 4.69) is 17.0 Å². The fourth-order valence-corrected chi connectivity index (χ4v) is 2.41. The summed E-state index contributed by atoms with van der Waals surface area (Å²) in [6.45, 7) is 2.83. The van der Waals surface area contributed by atoms with Crippen LogP contribution in [0.2, 0.25) is 0 Å². The lowest BCUT2D eigenvalue weighted by atomic mass is 10.1. The summed E-state index contributed by atoms with van der Waals surface area (Å²) >= 11 is 0. The van der Waals surface area contributed by atoms with Crippen LogP contribution in [-0.2, 0) is 11.2 Å². The van der Waals surface area contributed by atoms with Crippen molar-refractivity contribution in [3.63, 3.8) is 0 Å². The molecule has 0 heterocycles. The number of nitrogens with zero attached hydrogens (tertiary/aromatic N) is 1. The molecule has 0 N–H and O–H groups in total. The number of rotatable bonds is 8. The molecule has 0 aliphatic heterocycles. The Labute approximate surface area is 144 Å². The second kappa shape index (κ2) is 9.08. The molecule has 1 atom stereocenters. The monoisotopic (exact) mass is 327 g/mol.